The molecule has 0 saturated heterocycles. The van der Waals surface area contributed by atoms with Gasteiger partial charge in [0.05, 0.1) is 0 Å². The molecular formula is C12H15ClFN. The first-order valence-electron chi connectivity index (χ1n) is 5.36. The molecule has 0 aliphatic heterocycles. The molecule has 1 aliphatic rings. The molecule has 1 fully saturated rings. The van der Waals surface area contributed by atoms with E-state index in [4.69, 9.17) is 11.6 Å². The minimum atomic E-state index is -0.288. The average molecular weight is 228 g/mol. The van der Waals surface area contributed by atoms with E-state index in [2.05, 4.69) is 12.2 Å². The lowest BCUT2D eigenvalue weighted by Gasteiger charge is -2.15. The lowest BCUT2D eigenvalue weighted by Crippen LogP contribution is -2.15. The third-order valence-electron chi connectivity index (χ3n) is 2.66. The van der Waals surface area contributed by atoms with Crippen LogP contribution in [-0.2, 0) is 0 Å². The van der Waals surface area contributed by atoms with Crippen LogP contribution in [0.4, 0.5) is 10.1 Å². The summed E-state index contributed by atoms with van der Waals surface area (Å²) in [6.07, 6.45) is 3.85. The van der Waals surface area contributed by atoms with Crippen molar-refractivity contribution in [1.29, 1.82) is 0 Å². The van der Waals surface area contributed by atoms with Gasteiger partial charge in [0, 0.05) is 16.8 Å². The van der Waals surface area contributed by atoms with Crippen LogP contribution >= 0.6 is 11.6 Å². The third kappa shape index (κ3) is 3.38. The number of rotatable bonds is 4. The summed E-state index contributed by atoms with van der Waals surface area (Å²) in [6.45, 7) is 2.12. The van der Waals surface area contributed by atoms with E-state index in [9.17, 15) is 4.39 Å². The first-order chi connectivity index (χ1) is 7.13. The van der Waals surface area contributed by atoms with Gasteiger partial charge in [-0.15, -0.1) is 0 Å². The monoisotopic (exact) mass is 227 g/mol. The molecule has 82 valence electrons. The minimum Gasteiger partial charge on any atom is -0.382 e. The van der Waals surface area contributed by atoms with Crippen LogP contribution in [0.1, 0.15) is 26.2 Å². The van der Waals surface area contributed by atoms with Crippen LogP contribution in [0.5, 0.6) is 0 Å². The summed E-state index contributed by atoms with van der Waals surface area (Å²) in [4.78, 5) is 0. The highest BCUT2D eigenvalue weighted by Gasteiger charge is 2.23. The zero-order chi connectivity index (χ0) is 10.8. The van der Waals surface area contributed by atoms with Gasteiger partial charge in [-0.2, -0.15) is 0 Å². The van der Waals surface area contributed by atoms with Crippen LogP contribution in [0.2, 0.25) is 5.02 Å². The molecule has 2 rings (SSSR count). The quantitative estimate of drug-likeness (QED) is 0.817. The van der Waals surface area contributed by atoms with Crippen LogP contribution in [0.3, 0.4) is 0 Å². The topological polar surface area (TPSA) is 12.0 Å². The van der Waals surface area contributed by atoms with Crippen LogP contribution in [-0.4, -0.2) is 6.04 Å². The fourth-order valence-electron chi connectivity index (χ4n) is 1.83. The number of anilines is 1. The summed E-state index contributed by atoms with van der Waals surface area (Å²) in [5, 5.41) is 3.71. The molecule has 0 aromatic heterocycles. The summed E-state index contributed by atoms with van der Waals surface area (Å²) in [5.41, 5.74) is 0.771. The van der Waals surface area contributed by atoms with Gasteiger partial charge in [0.2, 0.25) is 0 Å². The van der Waals surface area contributed by atoms with Crippen molar-refractivity contribution in [2.75, 3.05) is 5.32 Å². The van der Waals surface area contributed by atoms with Gasteiger partial charge in [0.1, 0.15) is 5.82 Å². The van der Waals surface area contributed by atoms with E-state index in [-0.39, 0.29) is 5.82 Å². The number of hydrogen-bond donors (Lipinski definition) is 1. The van der Waals surface area contributed by atoms with E-state index in [1.54, 1.807) is 6.07 Å². The van der Waals surface area contributed by atoms with Crippen LogP contribution < -0.4 is 5.32 Å². The number of halogens is 2. The van der Waals surface area contributed by atoms with Crippen molar-refractivity contribution < 1.29 is 4.39 Å². The van der Waals surface area contributed by atoms with Crippen molar-refractivity contribution in [2.24, 2.45) is 5.92 Å². The summed E-state index contributed by atoms with van der Waals surface area (Å²) in [7, 11) is 0. The van der Waals surface area contributed by atoms with E-state index in [1.807, 2.05) is 0 Å². The maximum absolute atomic E-state index is 13.0. The van der Waals surface area contributed by atoms with Gasteiger partial charge in [-0.1, -0.05) is 24.4 Å². The lowest BCUT2D eigenvalue weighted by atomic mass is 10.1. The van der Waals surface area contributed by atoms with Crippen LogP contribution in [0, 0.1) is 11.7 Å². The van der Waals surface area contributed by atoms with Gasteiger partial charge >= 0.3 is 0 Å². The van der Waals surface area contributed by atoms with Crippen LogP contribution in [0.15, 0.2) is 18.2 Å². The first kappa shape index (κ1) is 10.7. The first-order valence-corrected chi connectivity index (χ1v) is 5.74. The highest BCUT2D eigenvalue weighted by atomic mass is 35.5. The summed E-state index contributed by atoms with van der Waals surface area (Å²) in [5.74, 6) is 0.583. The molecule has 0 spiro atoms. The zero-order valence-electron chi connectivity index (χ0n) is 8.76. The minimum absolute atomic E-state index is 0.288. The Labute approximate surface area is 94.6 Å². The normalized spacial score (nSPS) is 17.5. The maximum atomic E-state index is 13.0. The zero-order valence-corrected chi connectivity index (χ0v) is 9.52. The Morgan fingerprint density at radius 3 is 2.80 bits per heavy atom. The molecule has 1 aliphatic carbocycles. The number of benzene rings is 1. The molecule has 1 aromatic carbocycles. The average Bonchev–Trinajstić information content (AvgIpc) is 2.85. The Morgan fingerprint density at radius 2 is 2.20 bits per heavy atom. The Morgan fingerprint density at radius 1 is 1.47 bits per heavy atom. The second-order valence-electron chi connectivity index (χ2n) is 4.38. The van der Waals surface area contributed by atoms with E-state index in [0.29, 0.717) is 11.1 Å². The molecule has 0 heterocycles. The molecule has 0 bridgehead atoms. The van der Waals surface area contributed by atoms with Crippen molar-refractivity contribution in [3.8, 4) is 0 Å². The van der Waals surface area contributed by atoms with E-state index >= 15 is 0 Å². The molecule has 1 aromatic rings. The molecule has 1 nitrogen and oxygen atoms in total. The van der Waals surface area contributed by atoms with Crippen molar-refractivity contribution >= 4 is 17.3 Å². The van der Waals surface area contributed by atoms with E-state index < -0.39 is 0 Å². The summed E-state index contributed by atoms with van der Waals surface area (Å²) in [6, 6.07) is 4.94. The highest BCUT2D eigenvalue weighted by molar-refractivity contribution is 6.30. The molecule has 15 heavy (non-hydrogen) atoms. The van der Waals surface area contributed by atoms with Crippen molar-refractivity contribution in [2.45, 2.75) is 32.2 Å². The predicted octanol–water partition coefficient (Wildman–Crippen LogP) is 4.08. The smallest absolute Gasteiger partial charge is 0.126 e. The van der Waals surface area contributed by atoms with E-state index in [0.717, 1.165) is 18.0 Å². The number of nitrogens with one attached hydrogen (secondary N) is 1. The summed E-state index contributed by atoms with van der Waals surface area (Å²) < 4.78 is 13.0. The van der Waals surface area contributed by atoms with Gasteiger partial charge in [-0.25, -0.2) is 4.39 Å². The Hall–Kier alpha value is -0.760. The summed E-state index contributed by atoms with van der Waals surface area (Å²) >= 11 is 5.77. The van der Waals surface area contributed by atoms with Crippen LogP contribution in [0.25, 0.3) is 0 Å². The molecule has 0 radical (unpaired) electrons. The van der Waals surface area contributed by atoms with Crippen molar-refractivity contribution in [3.05, 3.63) is 29.0 Å². The molecule has 1 atom stereocenters. The molecule has 1 N–H and O–H groups in total. The predicted molar refractivity (Wildman–Crippen MR) is 61.8 cm³/mol. The van der Waals surface area contributed by atoms with Gasteiger partial charge in [-0.05, 0) is 37.5 Å². The molecule has 0 amide bonds. The second kappa shape index (κ2) is 4.40. The van der Waals surface area contributed by atoms with Crippen molar-refractivity contribution in [3.63, 3.8) is 0 Å². The third-order valence-corrected chi connectivity index (χ3v) is 2.88. The Balaban J connectivity index is 1.96. The van der Waals surface area contributed by atoms with Gasteiger partial charge < -0.3 is 5.32 Å². The molecule has 1 unspecified atom stereocenters. The highest BCUT2D eigenvalue weighted by Crippen LogP contribution is 2.34. The van der Waals surface area contributed by atoms with E-state index in [1.165, 1.54) is 25.0 Å². The molecule has 1 saturated carbocycles. The Kier molecular flexibility index (Phi) is 3.15. The lowest BCUT2D eigenvalue weighted by molar-refractivity contribution is 0.623. The maximum Gasteiger partial charge on any atom is 0.126 e. The fraction of sp³-hybridized carbons (Fsp3) is 0.500. The van der Waals surface area contributed by atoms with Gasteiger partial charge in [-0.3, -0.25) is 0 Å². The fourth-order valence-corrected chi connectivity index (χ4v) is 2.06. The van der Waals surface area contributed by atoms with Gasteiger partial charge in [0.15, 0.2) is 0 Å². The Bertz CT molecular complexity index is 329. The SMILES string of the molecule is CC(CC1CC1)Nc1cc(F)cc(Cl)c1. The van der Waals surface area contributed by atoms with Crippen molar-refractivity contribution in [1.82, 2.24) is 0 Å². The standard InChI is InChI=1S/C12H15ClFN/c1-8(4-9-2-3-9)15-12-6-10(13)5-11(14)7-12/h5-9,15H,2-4H2,1H3. The van der Waals surface area contributed by atoms with Gasteiger partial charge in [0.25, 0.3) is 0 Å². The second-order valence-corrected chi connectivity index (χ2v) is 4.82. The molecule has 3 heteroatoms. The largest absolute Gasteiger partial charge is 0.382 e. The number of hydrogen-bond acceptors (Lipinski definition) is 1. The molecular weight excluding hydrogens is 213 g/mol.